The van der Waals surface area contributed by atoms with Gasteiger partial charge in [0.05, 0.1) is 34.1 Å². The molecule has 4 aromatic heterocycles. The van der Waals surface area contributed by atoms with E-state index in [4.69, 9.17) is 25.6 Å². The summed E-state index contributed by atoms with van der Waals surface area (Å²) < 4.78 is 19.0. The largest absolute Gasteiger partial charge is 0.475 e. The molecule has 0 saturated carbocycles. The highest BCUT2D eigenvalue weighted by Crippen LogP contribution is 2.32. The molecule has 1 saturated heterocycles. The average molecular weight is 595 g/mol. The zero-order valence-electron chi connectivity index (χ0n) is 22.2. The molecule has 1 aliphatic rings. The van der Waals surface area contributed by atoms with Gasteiger partial charge in [0.2, 0.25) is 5.88 Å². The normalized spacial score (nSPS) is 14.6. The highest BCUT2D eigenvalue weighted by Gasteiger charge is 2.25. The second-order valence-corrected chi connectivity index (χ2v) is 11.4. The molecule has 0 unspecified atom stereocenters. The quantitative estimate of drug-likeness (QED) is 0.242. The van der Waals surface area contributed by atoms with Crippen LogP contribution in [0.15, 0.2) is 41.1 Å². The molecule has 5 heterocycles. The first-order valence-electron chi connectivity index (χ1n) is 12.8. The minimum Gasteiger partial charge on any atom is -0.475 e. The number of thiophene rings is 1. The third-order valence-corrected chi connectivity index (χ3v) is 8.07. The van der Waals surface area contributed by atoms with Crippen molar-refractivity contribution in [2.24, 2.45) is 0 Å². The summed E-state index contributed by atoms with van der Waals surface area (Å²) in [6, 6.07) is 10.0. The Balaban J connectivity index is 0.00000353. The van der Waals surface area contributed by atoms with Gasteiger partial charge in [-0.1, -0.05) is 16.8 Å². The molecule has 39 heavy (non-hydrogen) atoms. The summed E-state index contributed by atoms with van der Waals surface area (Å²) in [5.74, 6) is 1.01. The van der Waals surface area contributed by atoms with Crippen LogP contribution >= 0.6 is 35.3 Å². The van der Waals surface area contributed by atoms with E-state index in [1.165, 1.54) is 11.3 Å². The lowest BCUT2D eigenvalue weighted by Gasteiger charge is -2.34. The van der Waals surface area contributed by atoms with Gasteiger partial charge < -0.3 is 28.8 Å². The van der Waals surface area contributed by atoms with Crippen LogP contribution in [0.25, 0.3) is 21.5 Å². The first-order valence-corrected chi connectivity index (χ1v) is 14.0. The Morgan fingerprint density at radius 1 is 1.23 bits per heavy atom. The Morgan fingerprint density at radius 2 is 2.03 bits per heavy atom. The number of hydrogen-bond acceptors (Lipinski definition) is 8. The van der Waals surface area contributed by atoms with Crippen molar-refractivity contribution in [3.05, 3.63) is 52.3 Å². The molecule has 1 fully saturated rings. The molecule has 0 aromatic carbocycles. The van der Waals surface area contributed by atoms with Gasteiger partial charge in [0.1, 0.15) is 18.0 Å². The summed E-state index contributed by atoms with van der Waals surface area (Å²) in [4.78, 5) is 21.4. The molecular formula is C27H33Cl2N5O4S. The SMILES string of the molecule is COCCOc1cc2cc(C(=O)NC3CCN(C(C)C)CC3)n(Cc3cc(-c4ccc(Cl)s4)on3)c2cn1.Cl. The fraction of sp³-hybridized carbons (Fsp3) is 0.444. The van der Waals surface area contributed by atoms with E-state index in [1.807, 2.05) is 34.9 Å². The molecule has 0 radical (unpaired) electrons. The molecule has 9 nitrogen and oxygen atoms in total. The van der Waals surface area contributed by atoms with E-state index in [0.717, 1.165) is 41.7 Å². The first-order chi connectivity index (χ1) is 18.4. The smallest absolute Gasteiger partial charge is 0.268 e. The molecule has 1 N–H and O–H groups in total. The first kappa shape index (κ1) is 29.4. The lowest BCUT2D eigenvalue weighted by atomic mass is 10.0. The molecule has 12 heteroatoms. The summed E-state index contributed by atoms with van der Waals surface area (Å²) in [7, 11) is 1.63. The van der Waals surface area contributed by atoms with Gasteiger partial charge in [-0.05, 0) is 44.9 Å². The van der Waals surface area contributed by atoms with Crippen LogP contribution in [-0.4, -0.2) is 71.0 Å². The summed E-state index contributed by atoms with van der Waals surface area (Å²) in [6.07, 6.45) is 3.59. The van der Waals surface area contributed by atoms with Crippen LogP contribution in [0.4, 0.5) is 0 Å². The predicted molar refractivity (Wildman–Crippen MR) is 155 cm³/mol. The maximum atomic E-state index is 13.6. The molecule has 0 aliphatic carbocycles. The van der Waals surface area contributed by atoms with Crippen LogP contribution in [0.3, 0.4) is 0 Å². The highest BCUT2D eigenvalue weighted by molar-refractivity contribution is 7.19. The summed E-state index contributed by atoms with van der Waals surface area (Å²) in [5, 5.41) is 8.39. The van der Waals surface area contributed by atoms with Crippen molar-refractivity contribution in [1.29, 1.82) is 0 Å². The maximum Gasteiger partial charge on any atom is 0.268 e. The number of carbonyl (C=O) groups is 1. The van der Waals surface area contributed by atoms with E-state index < -0.39 is 0 Å². The van der Waals surface area contributed by atoms with Crippen LogP contribution in [0.2, 0.25) is 4.34 Å². The predicted octanol–water partition coefficient (Wildman–Crippen LogP) is 5.50. The van der Waals surface area contributed by atoms with Crippen LogP contribution in [0.1, 0.15) is 42.9 Å². The van der Waals surface area contributed by atoms with Crippen LogP contribution in [-0.2, 0) is 11.3 Å². The van der Waals surface area contributed by atoms with Gasteiger partial charge in [0.25, 0.3) is 5.91 Å². The van der Waals surface area contributed by atoms with E-state index in [9.17, 15) is 4.79 Å². The number of amides is 1. The van der Waals surface area contributed by atoms with Crippen molar-refractivity contribution in [3.63, 3.8) is 0 Å². The van der Waals surface area contributed by atoms with Crippen molar-refractivity contribution in [2.45, 2.75) is 45.3 Å². The molecule has 5 rings (SSSR count). The number of hydrogen-bond donors (Lipinski definition) is 1. The van der Waals surface area contributed by atoms with Gasteiger partial charge in [-0.3, -0.25) is 4.79 Å². The average Bonchev–Trinajstić information content (AvgIpc) is 3.63. The van der Waals surface area contributed by atoms with Crippen molar-refractivity contribution in [3.8, 4) is 16.5 Å². The van der Waals surface area contributed by atoms with E-state index in [2.05, 4.69) is 34.2 Å². The van der Waals surface area contributed by atoms with Crippen molar-refractivity contribution in [1.82, 2.24) is 24.9 Å². The Labute approximate surface area is 242 Å². The van der Waals surface area contributed by atoms with Gasteiger partial charge in [-0.2, -0.15) is 0 Å². The standard InChI is InChI=1S/C27H32ClN5O4S.ClH/c1-17(2)32-8-6-19(7-9-32)30-27(34)21-12-18-13-26(36-11-10-35-3)29-15-22(18)33(21)16-20-14-23(37-31-20)24-4-5-25(28)38-24;/h4-5,12-15,17,19H,6-11,16H2,1-3H3,(H,30,34);1H. The number of nitrogens with one attached hydrogen (secondary N) is 1. The van der Waals surface area contributed by atoms with E-state index in [1.54, 1.807) is 13.3 Å². The molecule has 0 bridgehead atoms. The van der Waals surface area contributed by atoms with E-state index >= 15 is 0 Å². The Kier molecular flexibility index (Phi) is 9.90. The Hall–Kier alpha value is -2.63. The molecule has 0 spiro atoms. The number of rotatable bonds is 10. The molecule has 4 aromatic rings. The van der Waals surface area contributed by atoms with Gasteiger partial charge in [-0.15, -0.1) is 23.7 Å². The number of piperidine rings is 1. The zero-order valence-corrected chi connectivity index (χ0v) is 24.6. The molecule has 1 aliphatic heterocycles. The number of halogens is 2. The van der Waals surface area contributed by atoms with E-state index in [-0.39, 0.29) is 24.4 Å². The molecular weight excluding hydrogens is 561 g/mol. The third-order valence-electron chi connectivity index (χ3n) is 6.82. The van der Waals surface area contributed by atoms with Crippen molar-refractivity contribution in [2.75, 3.05) is 33.4 Å². The summed E-state index contributed by atoms with van der Waals surface area (Å²) >= 11 is 7.52. The molecule has 210 valence electrons. The Morgan fingerprint density at radius 3 is 2.72 bits per heavy atom. The number of aromatic nitrogens is 3. The number of nitrogens with zero attached hydrogens (tertiary/aromatic N) is 4. The van der Waals surface area contributed by atoms with Crippen LogP contribution in [0, 0.1) is 0 Å². The summed E-state index contributed by atoms with van der Waals surface area (Å²) in [6.45, 7) is 7.59. The minimum absolute atomic E-state index is 0. The van der Waals surface area contributed by atoms with Crippen molar-refractivity contribution < 1.29 is 18.8 Å². The number of carbonyl (C=O) groups excluding carboxylic acids is 1. The van der Waals surface area contributed by atoms with Gasteiger partial charge in [0.15, 0.2) is 5.76 Å². The fourth-order valence-electron chi connectivity index (χ4n) is 4.74. The lowest BCUT2D eigenvalue weighted by Crippen LogP contribution is -2.46. The maximum absolute atomic E-state index is 13.6. The number of fused-ring (bicyclic) bond motifs is 1. The van der Waals surface area contributed by atoms with E-state index in [0.29, 0.717) is 53.2 Å². The number of likely N-dealkylation sites (tertiary alicyclic amines) is 1. The fourth-order valence-corrected chi connectivity index (χ4v) is 5.73. The molecule has 0 atom stereocenters. The van der Waals surface area contributed by atoms with Crippen LogP contribution in [0.5, 0.6) is 5.88 Å². The van der Waals surface area contributed by atoms with Gasteiger partial charge in [0, 0.05) is 49.8 Å². The number of ether oxygens (including phenoxy) is 2. The lowest BCUT2D eigenvalue weighted by molar-refractivity contribution is 0.0892. The highest BCUT2D eigenvalue weighted by atomic mass is 35.5. The minimum atomic E-state index is -0.111. The zero-order chi connectivity index (χ0) is 26.6. The monoisotopic (exact) mass is 593 g/mol. The second-order valence-electron chi connectivity index (χ2n) is 9.70. The number of methoxy groups -OCH3 is 1. The van der Waals surface area contributed by atoms with Gasteiger partial charge >= 0.3 is 0 Å². The second kappa shape index (κ2) is 13.1. The topological polar surface area (TPSA) is 94.7 Å². The van der Waals surface area contributed by atoms with Gasteiger partial charge in [-0.25, -0.2) is 4.98 Å². The van der Waals surface area contributed by atoms with Crippen molar-refractivity contribution >= 4 is 52.2 Å². The molecule has 1 amide bonds. The number of pyridine rings is 1. The van der Waals surface area contributed by atoms with Crippen LogP contribution < -0.4 is 10.1 Å². The summed E-state index contributed by atoms with van der Waals surface area (Å²) in [5.41, 5.74) is 2.06. The Bertz CT molecular complexity index is 1390. The third kappa shape index (κ3) is 6.93.